The standard InChI is InChI=1S/C19H20/c1-3-14-12-17-11-10-15(4-2)19(18(17)13-14)16-8-6-5-7-9-16/h5-11,13H,3-4,12H2,1-2H3. The van der Waals surface area contributed by atoms with Crippen LogP contribution in [0.3, 0.4) is 0 Å². The minimum Gasteiger partial charge on any atom is -0.0655 e. The normalized spacial score (nSPS) is 13.3. The Labute approximate surface area is 115 Å². The van der Waals surface area contributed by atoms with E-state index in [9.17, 15) is 0 Å². The lowest BCUT2D eigenvalue weighted by Crippen LogP contribution is -1.94. The van der Waals surface area contributed by atoms with Crippen molar-refractivity contribution in [2.24, 2.45) is 0 Å². The average Bonchev–Trinajstić information content (AvgIpc) is 2.90. The molecule has 0 radical (unpaired) electrons. The second kappa shape index (κ2) is 5.05. The Morgan fingerprint density at radius 1 is 0.895 bits per heavy atom. The maximum absolute atomic E-state index is 2.41. The molecule has 0 bridgehead atoms. The van der Waals surface area contributed by atoms with Crippen LogP contribution >= 0.6 is 0 Å². The predicted molar refractivity (Wildman–Crippen MR) is 83.2 cm³/mol. The van der Waals surface area contributed by atoms with Crippen molar-refractivity contribution < 1.29 is 0 Å². The molecule has 0 saturated heterocycles. The third kappa shape index (κ3) is 2.12. The molecular weight excluding hydrogens is 228 g/mol. The minimum atomic E-state index is 1.09. The van der Waals surface area contributed by atoms with Gasteiger partial charge in [0, 0.05) is 0 Å². The van der Waals surface area contributed by atoms with Gasteiger partial charge in [-0.1, -0.05) is 68.0 Å². The van der Waals surface area contributed by atoms with Crippen LogP contribution in [-0.4, -0.2) is 0 Å². The van der Waals surface area contributed by atoms with E-state index in [-0.39, 0.29) is 0 Å². The lowest BCUT2D eigenvalue weighted by Gasteiger charge is -2.13. The fraction of sp³-hybridized carbons (Fsp3) is 0.263. The fourth-order valence-corrected chi connectivity index (χ4v) is 2.99. The summed E-state index contributed by atoms with van der Waals surface area (Å²) >= 11 is 0. The highest BCUT2D eigenvalue weighted by Crippen LogP contribution is 2.37. The summed E-state index contributed by atoms with van der Waals surface area (Å²) in [4.78, 5) is 0. The van der Waals surface area contributed by atoms with Crippen LogP contribution in [0.2, 0.25) is 0 Å². The number of aryl methyl sites for hydroxylation is 1. The Morgan fingerprint density at radius 2 is 1.68 bits per heavy atom. The topological polar surface area (TPSA) is 0 Å². The van der Waals surface area contributed by atoms with Gasteiger partial charge in [-0.05, 0) is 47.1 Å². The molecular formula is C19H20. The average molecular weight is 248 g/mol. The zero-order chi connectivity index (χ0) is 13.2. The molecule has 0 fully saturated rings. The van der Waals surface area contributed by atoms with Crippen molar-refractivity contribution in [3.05, 3.63) is 64.7 Å². The molecule has 0 spiro atoms. The van der Waals surface area contributed by atoms with Crippen LogP contribution in [-0.2, 0) is 12.8 Å². The van der Waals surface area contributed by atoms with Gasteiger partial charge in [-0.25, -0.2) is 0 Å². The number of rotatable bonds is 3. The predicted octanol–water partition coefficient (Wildman–Crippen LogP) is 5.27. The summed E-state index contributed by atoms with van der Waals surface area (Å²) in [6.45, 7) is 4.49. The summed E-state index contributed by atoms with van der Waals surface area (Å²) in [7, 11) is 0. The first-order valence-electron chi connectivity index (χ1n) is 7.23. The van der Waals surface area contributed by atoms with E-state index < -0.39 is 0 Å². The maximum Gasteiger partial charge on any atom is -0.00577 e. The van der Waals surface area contributed by atoms with E-state index in [1.807, 2.05) is 0 Å². The monoisotopic (exact) mass is 248 g/mol. The van der Waals surface area contributed by atoms with Crippen molar-refractivity contribution in [3.63, 3.8) is 0 Å². The molecule has 3 rings (SSSR count). The zero-order valence-electron chi connectivity index (χ0n) is 11.7. The maximum atomic E-state index is 2.41. The van der Waals surface area contributed by atoms with Crippen LogP contribution < -0.4 is 0 Å². The van der Waals surface area contributed by atoms with E-state index in [1.165, 1.54) is 27.8 Å². The molecule has 0 atom stereocenters. The van der Waals surface area contributed by atoms with Gasteiger partial charge >= 0.3 is 0 Å². The molecule has 0 heteroatoms. The molecule has 1 aliphatic rings. The summed E-state index contributed by atoms with van der Waals surface area (Å²) in [6.07, 6.45) is 5.80. The zero-order valence-corrected chi connectivity index (χ0v) is 11.7. The van der Waals surface area contributed by atoms with Gasteiger partial charge in [0.1, 0.15) is 0 Å². The third-order valence-electron chi connectivity index (χ3n) is 4.09. The van der Waals surface area contributed by atoms with Crippen LogP contribution in [0.1, 0.15) is 37.0 Å². The highest BCUT2D eigenvalue weighted by atomic mass is 14.2. The number of benzene rings is 2. The SMILES string of the molecule is CCC1=Cc2c(ccc(CC)c2-c2ccccc2)C1. The van der Waals surface area contributed by atoms with Gasteiger partial charge in [-0.3, -0.25) is 0 Å². The molecule has 19 heavy (non-hydrogen) atoms. The van der Waals surface area contributed by atoms with Gasteiger partial charge in [0.2, 0.25) is 0 Å². The molecule has 1 aliphatic carbocycles. The number of hydrogen-bond acceptors (Lipinski definition) is 0. The van der Waals surface area contributed by atoms with E-state index in [0.717, 1.165) is 19.3 Å². The van der Waals surface area contributed by atoms with Gasteiger partial charge in [0.25, 0.3) is 0 Å². The van der Waals surface area contributed by atoms with E-state index >= 15 is 0 Å². The summed E-state index contributed by atoms with van der Waals surface area (Å²) in [5, 5.41) is 0. The summed E-state index contributed by atoms with van der Waals surface area (Å²) in [5.74, 6) is 0. The highest BCUT2D eigenvalue weighted by Gasteiger charge is 2.18. The van der Waals surface area contributed by atoms with Crippen LogP contribution in [0.5, 0.6) is 0 Å². The van der Waals surface area contributed by atoms with E-state index in [4.69, 9.17) is 0 Å². The number of allylic oxidation sites excluding steroid dienone is 1. The van der Waals surface area contributed by atoms with E-state index in [1.54, 1.807) is 5.57 Å². The summed E-state index contributed by atoms with van der Waals surface area (Å²) < 4.78 is 0. The molecule has 0 aromatic heterocycles. The molecule has 0 saturated carbocycles. The van der Waals surface area contributed by atoms with Gasteiger partial charge in [0.15, 0.2) is 0 Å². The van der Waals surface area contributed by atoms with Crippen molar-refractivity contribution in [3.8, 4) is 11.1 Å². The largest absolute Gasteiger partial charge is 0.0655 e. The molecule has 0 nitrogen and oxygen atoms in total. The van der Waals surface area contributed by atoms with Crippen LogP contribution in [0.15, 0.2) is 48.0 Å². The Balaban J connectivity index is 2.23. The Hall–Kier alpha value is -1.82. The lowest BCUT2D eigenvalue weighted by atomic mass is 9.91. The Morgan fingerprint density at radius 3 is 2.37 bits per heavy atom. The summed E-state index contributed by atoms with van der Waals surface area (Å²) in [6, 6.07) is 15.4. The van der Waals surface area contributed by atoms with Crippen molar-refractivity contribution in [1.29, 1.82) is 0 Å². The van der Waals surface area contributed by atoms with E-state index in [0.29, 0.717) is 0 Å². The first-order valence-corrected chi connectivity index (χ1v) is 7.23. The third-order valence-corrected chi connectivity index (χ3v) is 4.09. The summed E-state index contributed by atoms with van der Waals surface area (Å²) in [5.41, 5.74) is 8.77. The van der Waals surface area contributed by atoms with Gasteiger partial charge in [-0.15, -0.1) is 0 Å². The number of hydrogen-bond donors (Lipinski definition) is 0. The molecule has 96 valence electrons. The second-order valence-corrected chi connectivity index (χ2v) is 5.22. The molecule has 0 heterocycles. The van der Waals surface area contributed by atoms with Crippen LogP contribution in [0, 0.1) is 0 Å². The molecule has 2 aromatic carbocycles. The molecule has 0 N–H and O–H groups in total. The molecule has 0 amide bonds. The fourth-order valence-electron chi connectivity index (χ4n) is 2.99. The van der Waals surface area contributed by atoms with Crippen LogP contribution in [0.4, 0.5) is 0 Å². The smallest absolute Gasteiger partial charge is 0.00577 e. The highest BCUT2D eigenvalue weighted by molar-refractivity contribution is 5.83. The lowest BCUT2D eigenvalue weighted by molar-refractivity contribution is 1.04. The van der Waals surface area contributed by atoms with Gasteiger partial charge in [0.05, 0.1) is 0 Å². The molecule has 0 unspecified atom stereocenters. The number of fused-ring (bicyclic) bond motifs is 1. The van der Waals surface area contributed by atoms with Crippen molar-refractivity contribution in [1.82, 2.24) is 0 Å². The van der Waals surface area contributed by atoms with Crippen molar-refractivity contribution >= 4 is 6.08 Å². The first kappa shape index (κ1) is 12.2. The molecule has 2 aromatic rings. The molecule has 0 aliphatic heterocycles. The van der Waals surface area contributed by atoms with E-state index in [2.05, 4.69) is 62.4 Å². The Kier molecular flexibility index (Phi) is 3.25. The van der Waals surface area contributed by atoms with Crippen molar-refractivity contribution in [2.45, 2.75) is 33.1 Å². The second-order valence-electron chi connectivity index (χ2n) is 5.22. The first-order chi connectivity index (χ1) is 9.33. The van der Waals surface area contributed by atoms with Gasteiger partial charge in [-0.2, -0.15) is 0 Å². The minimum absolute atomic E-state index is 1.09. The van der Waals surface area contributed by atoms with Crippen LogP contribution in [0.25, 0.3) is 17.2 Å². The quantitative estimate of drug-likeness (QED) is 0.694. The van der Waals surface area contributed by atoms with Crippen molar-refractivity contribution in [2.75, 3.05) is 0 Å². The van der Waals surface area contributed by atoms with Gasteiger partial charge < -0.3 is 0 Å². The Bertz CT molecular complexity index is 618.